The summed E-state index contributed by atoms with van der Waals surface area (Å²) in [5, 5.41) is 9.38. The molecule has 0 atom stereocenters. The molecule has 0 aliphatic rings. The zero-order valence-corrected chi connectivity index (χ0v) is 14.6. The molecule has 0 spiro atoms. The Morgan fingerprint density at radius 2 is 1.88 bits per heavy atom. The highest BCUT2D eigenvalue weighted by molar-refractivity contribution is 5.75. The van der Waals surface area contributed by atoms with E-state index >= 15 is 0 Å². The molecule has 1 heterocycles. The molecule has 0 aliphatic heterocycles. The lowest BCUT2D eigenvalue weighted by molar-refractivity contribution is 0.306. The normalized spacial score (nSPS) is 10.2. The van der Waals surface area contributed by atoms with Gasteiger partial charge in [-0.05, 0) is 36.8 Å². The molecule has 1 aromatic heterocycles. The van der Waals surface area contributed by atoms with Crippen LogP contribution in [0.15, 0.2) is 59.4 Å². The minimum Gasteiger partial charge on any atom is -0.497 e. The summed E-state index contributed by atoms with van der Waals surface area (Å²) in [4.78, 5) is 14.8. The Morgan fingerprint density at radius 1 is 1.08 bits per heavy atom. The smallest absolute Gasteiger partial charge is 0.266 e. The summed E-state index contributed by atoms with van der Waals surface area (Å²) >= 11 is 0. The number of nitrogens with zero attached hydrogens (tertiary/aromatic N) is 1. The van der Waals surface area contributed by atoms with Gasteiger partial charge in [0.2, 0.25) is 0 Å². The fourth-order valence-corrected chi connectivity index (χ4v) is 2.75. The molecule has 130 valence electrons. The van der Waals surface area contributed by atoms with Gasteiger partial charge in [0.25, 0.3) is 5.56 Å². The van der Waals surface area contributed by atoms with Gasteiger partial charge >= 0.3 is 0 Å². The average molecular weight is 346 g/mol. The number of nitriles is 1. The first-order chi connectivity index (χ1) is 12.6. The predicted octanol–water partition coefficient (Wildman–Crippen LogP) is 3.81. The third-order valence-electron chi connectivity index (χ3n) is 3.99. The monoisotopic (exact) mass is 346 g/mol. The van der Waals surface area contributed by atoms with E-state index < -0.39 is 5.56 Å². The Labute approximate surface area is 151 Å². The molecule has 0 saturated heterocycles. The van der Waals surface area contributed by atoms with Crippen LogP contribution in [0.1, 0.15) is 16.8 Å². The van der Waals surface area contributed by atoms with E-state index in [0.29, 0.717) is 29.2 Å². The van der Waals surface area contributed by atoms with Crippen LogP contribution in [-0.2, 0) is 6.61 Å². The van der Waals surface area contributed by atoms with Crippen LogP contribution in [0.2, 0.25) is 0 Å². The van der Waals surface area contributed by atoms with Crippen molar-refractivity contribution in [3.05, 3.63) is 81.8 Å². The Balaban J connectivity index is 1.97. The van der Waals surface area contributed by atoms with Gasteiger partial charge in [0.05, 0.1) is 7.11 Å². The van der Waals surface area contributed by atoms with Crippen molar-refractivity contribution in [3.8, 4) is 28.7 Å². The molecule has 5 heteroatoms. The lowest BCUT2D eigenvalue weighted by Gasteiger charge is -2.13. The molecular formula is C21H18N2O3. The number of rotatable bonds is 5. The number of H-pyrrole nitrogens is 1. The second-order valence-corrected chi connectivity index (χ2v) is 5.82. The summed E-state index contributed by atoms with van der Waals surface area (Å²) in [5.41, 5.74) is 2.60. The highest BCUT2D eigenvalue weighted by atomic mass is 16.5. The van der Waals surface area contributed by atoms with Gasteiger partial charge in [-0.3, -0.25) is 4.79 Å². The molecule has 0 bridgehead atoms. The van der Waals surface area contributed by atoms with Gasteiger partial charge in [0, 0.05) is 16.8 Å². The summed E-state index contributed by atoms with van der Waals surface area (Å²) in [6.07, 6.45) is 0. The number of nitrogens with one attached hydrogen (secondary N) is 1. The zero-order chi connectivity index (χ0) is 18.5. The molecular weight excluding hydrogens is 328 g/mol. The lowest BCUT2D eigenvalue weighted by atomic mass is 10.00. The number of hydrogen-bond acceptors (Lipinski definition) is 4. The fraction of sp³-hybridized carbons (Fsp3) is 0.143. The average Bonchev–Trinajstić information content (AvgIpc) is 2.66. The van der Waals surface area contributed by atoms with Crippen molar-refractivity contribution in [2.45, 2.75) is 13.5 Å². The summed E-state index contributed by atoms with van der Waals surface area (Å²) in [6, 6.07) is 18.8. The highest BCUT2D eigenvalue weighted by Gasteiger charge is 2.14. The SMILES string of the molecule is COc1cccc(COc2ccccc2-c2cc(C)[nH]c(=O)c2C#N)c1. The van der Waals surface area contributed by atoms with Crippen LogP contribution in [0.4, 0.5) is 0 Å². The van der Waals surface area contributed by atoms with E-state index in [1.165, 1.54) is 0 Å². The molecule has 0 unspecified atom stereocenters. The molecule has 3 rings (SSSR count). The molecule has 5 nitrogen and oxygen atoms in total. The van der Waals surface area contributed by atoms with Gasteiger partial charge < -0.3 is 14.5 Å². The second-order valence-electron chi connectivity index (χ2n) is 5.82. The Morgan fingerprint density at radius 3 is 2.65 bits per heavy atom. The minimum atomic E-state index is -0.398. The molecule has 26 heavy (non-hydrogen) atoms. The van der Waals surface area contributed by atoms with Crippen molar-refractivity contribution in [1.82, 2.24) is 4.98 Å². The first kappa shape index (κ1) is 17.3. The van der Waals surface area contributed by atoms with Crippen LogP contribution in [0.25, 0.3) is 11.1 Å². The number of aryl methyl sites for hydroxylation is 1. The van der Waals surface area contributed by atoms with Crippen LogP contribution in [-0.4, -0.2) is 12.1 Å². The standard InChI is InChI=1S/C21H18N2O3/c1-14-10-18(19(12-22)21(24)23-14)17-8-3-4-9-20(17)26-13-15-6-5-7-16(11-15)25-2/h3-11H,13H2,1-2H3,(H,23,24). The van der Waals surface area contributed by atoms with Crippen molar-refractivity contribution in [2.75, 3.05) is 7.11 Å². The quantitative estimate of drug-likeness (QED) is 0.762. The first-order valence-corrected chi connectivity index (χ1v) is 8.11. The van der Waals surface area contributed by atoms with E-state index in [-0.39, 0.29) is 5.56 Å². The van der Waals surface area contributed by atoms with Crippen molar-refractivity contribution in [3.63, 3.8) is 0 Å². The fourth-order valence-electron chi connectivity index (χ4n) is 2.75. The molecule has 1 N–H and O–H groups in total. The van der Waals surface area contributed by atoms with E-state index in [9.17, 15) is 10.1 Å². The van der Waals surface area contributed by atoms with Crippen LogP contribution in [0.5, 0.6) is 11.5 Å². The van der Waals surface area contributed by atoms with Crippen LogP contribution < -0.4 is 15.0 Å². The molecule has 0 saturated carbocycles. The van der Waals surface area contributed by atoms with Gasteiger partial charge in [-0.1, -0.05) is 30.3 Å². The summed E-state index contributed by atoms with van der Waals surface area (Å²) in [6.45, 7) is 2.13. The van der Waals surface area contributed by atoms with Gasteiger partial charge in [-0.2, -0.15) is 5.26 Å². The number of ether oxygens (including phenoxy) is 2. The number of aromatic nitrogens is 1. The largest absolute Gasteiger partial charge is 0.497 e. The predicted molar refractivity (Wildman–Crippen MR) is 99.3 cm³/mol. The van der Waals surface area contributed by atoms with Crippen molar-refractivity contribution in [1.29, 1.82) is 5.26 Å². The third-order valence-corrected chi connectivity index (χ3v) is 3.99. The summed E-state index contributed by atoms with van der Waals surface area (Å²) in [7, 11) is 1.62. The molecule has 3 aromatic rings. The number of benzene rings is 2. The van der Waals surface area contributed by atoms with E-state index in [1.807, 2.05) is 54.6 Å². The van der Waals surface area contributed by atoms with E-state index in [1.54, 1.807) is 20.1 Å². The highest BCUT2D eigenvalue weighted by Crippen LogP contribution is 2.32. The lowest BCUT2D eigenvalue weighted by Crippen LogP contribution is -2.13. The molecule has 0 fully saturated rings. The Hall–Kier alpha value is -3.52. The van der Waals surface area contributed by atoms with Crippen molar-refractivity contribution in [2.24, 2.45) is 0 Å². The molecule has 0 amide bonds. The van der Waals surface area contributed by atoms with Crippen LogP contribution in [0, 0.1) is 18.3 Å². The van der Waals surface area contributed by atoms with Crippen molar-refractivity contribution >= 4 is 0 Å². The van der Waals surface area contributed by atoms with E-state index in [2.05, 4.69) is 4.98 Å². The molecule has 0 aliphatic carbocycles. The number of aromatic amines is 1. The van der Waals surface area contributed by atoms with Crippen LogP contribution in [0.3, 0.4) is 0 Å². The Kier molecular flexibility index (Phi) is 5.04. The maximum Gasteiger partial charge on any atom is 0.266 e. The van der Waals surface area contributed by atoms with E-state index in [4.69, 9.17) is 9.47 Å². The first-order valence-electron chi connectivity index (χ1n) is 8.11. The third kappa shape index (κ3) is 3.60. The zero-order valence-electron chi connectivity index (χ0n) is 14.6. The summed E-state index contributed by atoms with van der Waals surface area (Å²) in [5.74, 6) is 1.37. The maximum atomic E-state index is 12.1. The van der Waals surface area contributed by atoms with Gasteiger partial charge in [0.1, 0.15) is 29.7 Å². The van der Waals surface area contributed by atoms with E-state index in [0.717, 1.165) is 11.3 Å². The molecule has 0 radical (unpaired) electrons. The summed E-state index contributed by atoms with van der Waals surface area (Å²) < 4.78 is 11.2. The van der Waals surface area contributed by atoms with Crippen molar-refractivity contribution < 1.29 is 9.47 Å². The number of methoxy groups -OCH3 is 1. The van der Waals surface area contributed by atoms with Crippen LogP contribution >= 0.6 is 0 Å². The van der Waals surface area contributed by atoms with Gasteiger partial charge in [0.15, 0.2) is 0 Å². The maximum absolute atomic E-state index is 12.1. The number of hydrogen-bond donors (Lipinski definition) is 1. The van der Waals surface area contributed by atoms with Gasteiger partial charge in [-0.25, -0.2) is 0 Å². The topological polar surface area (TPSA) is 75.1 Å². The molecule has 2 aromatic carbocycles. The number of pyridine rings is 1. The second kappa shape index (κ2) is 7.58. The Bertz CT molecular complexity index is 1030. The van der Waals surface area contributed by atoms with Gasteiger partial charge in [-0.15, -0.1) is 0 Å². The number of para-hydroxylation sites is 1. The minimum absolute atomic E-state index is 0.0769.